The first-order valence-electron chi connectivity index (χ1n) is 7.45. The van der Waals surface area contributed by atoms with Gasteiger partial charge in [0.05, 0.1) is 18.7 Å². The Morgan fingerprint density at radius 2 is 2.13 bits per heavy atom. The molecule has 120 valence electrons. The minimum absolute atomic E-state index is 0.00710. The van der Waals surface area contributed by atoms with Gasteiger partial charge < -0.3 is 10.1 Å². The van der Waals surface area contributed by atoms with Crippen LogP contribution in [0.15, 0.2) is 35.8 Å². The lowest BCUT2D eigenvalue weighted by molar-refractivity contribution is -0.120. The molecule has 6 heteroatoms. The van der Waals surface area contributed by atoms with Crippen LogP contribution in [-0.2, 0) is 16.0 Å². The van der Waals surface area contributed by atoms with Crippen LogP contribution in [0.1, 0.15) is 11.3 Å². The van der Waals surface area contributed by atoms with E-state index in [0.29, 0.717) is 19.6 Å². The van der Waals surface area contributed by atoms with E-state index in [1.54, 1.807) is 18.4 Å². The monoisotopic (exact) mass is 329 g/mol. The average Bonchev–Trinajstić information content (AvgIpc) is 3.10. The fourth-order valence-corrected chi connectivity index (χ4v) is 3.21. The number of aryl methyl sites for hydroxylation is 1. The van der Waals surface area contributed by atoms with Crippen LogP contribution in [0.2, 0.25) is 0 Å². The van der Waals surface area contributed by atoms with Crippen LogP contribution in [0.25, 0.3) is 16.2 Å². The predicted octanol–water partition coefficient (Wildman–Crippen LogP) is 2.68. The standard InChI is InChI=1S/C17H19N3O2S/c1-12-3-5-13(6-4-12)15-10-20-14(11-23-17(20)19-15)9-16(21)18-7-8-22-2/h3-6,10-11H,7-9H2,1-2H3,(H,18,21). The summed E-state index contributed by atoms with van der Waals surface area (Å²) in [5.41, 5.74) is 4.19. The molecular formula is C17H19N3O2S. The zero-order valence-corrected chi connectivity index (χ0v) is 14.0. The van der Waals surface area contributed by atoms with Gasteiger partial charge in [0.15, 0.2) is 4.96 Å². The molecule has 5 nitrogen and oxygen atoms in total. The summed E-state index contributed by atoms with van der Waals surface area (Å²) >= 11 is 1.55. The number of thiazole rings is 1. The number of nitrogens with one attached hydrogen (secondary N) is 1. The third kappa shape index (κ3) is 3.60. The Hall–Kier alpha value is -2.18. The first kappa shape index (κ1) is 15.7. The van der Waals surface area contributed by atoms with Crippen LogP contribution in [0.4, 0.5) is 0 Å². The second-order valence-electron chi connectivity index (χ2n) is 5.39. The van der Waals surface area contributed by atoms with Gasteiger partial charge in [-0.3, -0.25) is 9.20 Å². The lowest BCUT2D eigenvalue weighted by Crippen LogP contribution is -2.28. The maximum absolute atomic E-state index is 11.9. The lowest BCUT2D eigenvalue weighted by atomic mass is 10.1. The SMILES string of the molecule is COCCNC(=O)Cc1csc2nc(-c3ccc(C)cc3)cn12. The summed E-state index contributed by atoms with van der Waals surface area (Å²) in [5.74, 6) is -0.00710. The molecule has 23 heavy (non-hydrogen) atoms. The van der Waals surface area contributed by atoms with E-state index < -0.39 is 0 Å². The Bertz CT molecular complexity index is 805. The van der Waals surface area contributed by atoms with Gasteiger partial charge in [0.1, 0.15) is 0 Å². The van der Waals surface area contributed by atoms with Crippen LogP contribution in [0.5, 0.6) is 0 Å². The fraction of sp³-hybridized carbons (Fsp3) is 0.294. The van der Waals surface area contributed by atoms with Crippen molar-refractivity contribution in [2.75, 3.05) is 20.3 Å². The molecule has 2 aromatic heterocycles. The molecule has 3 rings (SSSR count). The van der Waals surface area contributed by atoms with Crippen LogP contribution < -0.4 is 5.32 Å². The van der Waals surface area contributed by atoms with Crippen LogP contribution in [0, 0.1) is 6.92 Å². The Morgan fingerprint density at radius 3 is 2.87 bits per heavy atom. The van der Waals surface area contributed by atoms with Crippen molar-refractivity contribution in [3.63, 3.8) is 0 Å². The number of aromatic nitrogens is 2. The highest BCUT2D eigenvalue weighted by Crippen LogP contribution is 2.24. The van der Waals surface area contributed by atoms with Gasteiger partial charge in [0.25, 0.3) is 0 Å². The van der Waals surface area contributed by atoms with Crippen molar-refractivity contribution in [2.45, 2.75) is 13.3 Å². The van der Waals surface area contributed by atoms with E-state index in [0.717, 1.165) is 21.9 Å². The van der Waals surface area contributed by atoms with Gasteiger partial charge in [-0.15, -0.1) is 11.3 Å². The Labute approximate surface area is 138 Å². The summed E-state index contributed by atoms with van der Waals surface area (Å²) in [6.45, 7) is 3.12. The Kier molecular flexibility index (Phi) is 4.73. The van der Waals surface area contributed by atoms with Crippen molar-refractivity contribution in [1.29, 1.82) is 0 Å². The molecule has 0 fully saturated rings. The molecule has 0 saturated heterocycles. The minimum atomic E-state index is -0.00710. The van der Waals surface area contributed by atoms with E-state index in [1.807, 2.05) is 16.0 Å². The summed E-state index contributed by atoms with van der Waals surface area (Å²) < 4.78 is 6.93. The summed E-state index contributed by atoms with van der Waals surface area (Å²) in [5, 5.41) is 4.82. The average molecular weight is 329 g/mol. The highest BCUT2D eigenvalue weighted by atomic mass is 32.1. The molecule has 0 spiro atoms. The molecule has 1 amide bonds. The molecule has 0 unspecified atom stereocenters. The number of hydrogen-bond donors (Lipinski definition) is 1. The van der Waals surface area contributed by atoms with Crippen LogP contribution >= 0.6 is 11.3 Å². The fourth-order valence-electron chi connectivity index (χ4n) is 2.34. The highest BCUT2D eigenvalue weighted by molar-refractivity contribution is 7.15. The van der Waals surface area contributed by atoms with Crippen LogP contribution in [0.3, 0.4) is 0 Å². The molecule has 0 atom stereocenters. The number of ether oxygens (including phenoxy) is 1. The molecule has 2 heterocycles. The first-order chi connectivity index (χ1) is 11.2. The number of benzene rings is 1. The lowest BCUT2D eigenvalue weighted by Gasteiger charge is -2.03. The first-order valence-corrected chi connectivity index (χ1v) is 8.33. The van der Waals surface area contributed by atoms with E-state index >= 15 is 0 Å². The van der Waals surface area contributed by atoms with E-state index in [4.69, 9.17) is 4.74 Å². The van der Waals surface area contributed by atoms with E-state index in [2.05, 4.69) is 41.5 Å². The summed E-state index contributed by atoms with van der Waals surface area (Å²) in [6, 6.07) is 8.29. The molecule has 0 aliphatic carbocycles. The molecule has 0 radical (unpaired) electrons. The van der Waals surface area contributed by atoms with Gasteiger partial charge >= 0.3 is 0 Å². The quantitative estimate of drug-likeness (QED) is 0.708. The molecule has 0 saturated carbocycles. The van der Waals surface area contributed by atoms with Crippen molar-refractivity contribution in [2.24, 2.45) is 0 Å². The number of carbonyl (C=O) groups excluding carboxylic acids is 1. The van der Waals surface area contributed by atoms with E-state index in [-0.39, 0.29) is 5.91 Å². The largest absolute Gasteiger partial charge is 0.383 e. The second kappa shape index (κ2) is 6.93. The number of rotatable bonds is 6. The number of fused-ring (bicyclic) bond motifs is 1. The van der Waals surface area contributed by atoms with E-state index in [1.165, 1.54) is 5.56 Å². The van der Waals surface area contributed by atoms with Gasteiger partial charge in [0, 0.05) is 36.5 Å². The molecule has 1 aromatic carbocycles. The third-order valence-corrected chi connectivity index (χ3v) is 4.49. The number of imidazole rings is 1. The zero-order chi connectivity index (χ0) is 16.2. The van der Waals surface area contributed by atoms with Gasteiger partial charge in [-0.25, -0.2) is 4.98 Å². The predicted molar refractivity (Wildman–Crippen MR) is 91.8 cm³/mol. The molecule has 0 aliphatic heterocycles. The van der Waals surface area contributed by atoms with Gasteiger partial charge in [-0.2, -0.15) is 0 Å². The van der Waals surface area contributed by atoms with Crippen molar-refractivity contribution in [3.05, 3.63) is 47.1 Å². The van der Waals surface area contributed by atoms with Crippen LogP contribution in [-0.4, -0.2) is 35.6 Å². The number of nitrogens with zero attached hydrogens (tertiary/aromatic N) is 2. The summed E-state index contributed by atoms with van der Waals surface area (Å²) in [4.78, 5) is 17.5. The summed E-state index contributed by atoms with van der Waals surface area (Å²) in [6.07, 6.45) is 2.33. The third-order valence-electron chi connectivity index (χ3n) is 3.60. The molecule has 1 N–H and O–H groups in total. The Balaban J connectivity index is 1.78. The Morgan fingerprint density at radius 1 is 1.35 bits per heavy atom. The molecule has 3 aromatic rings. The van der Waals surface area contributed by atoms with Gasteiger partial charge in [-0.1, -0.05) is 29.8 Å². The topological polar surface area (TPSA) is 55.6 Å². The number of methoxy groups -OCH3 is 1. The van der Waals surface area contributed by atoms with Crippen molar-refractivity contribution in [1.82, 2.24) is 14.7 Å². The van der Waals surface area contributed by atoms with Gasteiger partial charge in [-0.05, 0) is 6.92 Å². The number of amides is 1. The minimum Gasteiger partial charge on any atom is -0.383 e. The molecule has 0 bridgehead atoms. The zero-order valence-electron chi connectivity index (χ0n) is 13.2. The van der Waals surface area contributed by atoms with Crippen molar-refractivity contribution < 1.29 is 9.53 Å². The second-order valence-corrected chi connectivity index (χ2v) is 6.23. The number of hydrogen-bond acceptors (Lipinski definition) is 4. The highest BCUT2D eigenvalue weighted by Gasteiger charge is 2.12. The summed E-state index contributed by atoms with van der Waals surface area (Å²) in [7, 11) is 1.62. The maximum Gasteiger partial charge on any atom is 0.226 e. The van der Waals surface area contributed by atoms with E-state index in [9.17, 15) is 4.79 Å². The van der Waals surface area contributed by atoms with Crippen molar-refractivity contribution >= 4 is 22.2 Å². The van der Waals surface area contributed by atoms with Gasteiger partial charge in [0.2, 0.25) is 5.91 Å². The normalized spacial score (nSPS) is 11.0. The molecule has 0 aliphatic rings. The smallest absolute Gasteiger partial charge is 0.226 e. The van der Waals surface area contributed by atoms with Crippen molar-refractivity contribution in [3.8, 4) is 11.3 Å². The molecular weight excluding hydrogens is 310 g/mol. The number of carbonyl (C=O) groups is 1. The maximum atomic E-state index is 11.9.